The second-order valence-corrected chi connectivity index (χ2v) is 4.61. The van der Waals surface area contributed by atoms with E-state index in [0.717, 1.165) is 24.8 Å². The second-order valence-electron chi connectivity index (χ2n) is 4.61. The van der Waals surface area contributed by atoms with Crippen LogP contribution in [0.15, 0.2) is 18.2 Å². The Morgan fingerprint density at radius 2 is 2.19 bits per heavy atom. The summed E-state index contributed by atoms with van der Waals surface area (Å²) in [6, 6.07) is 6.14. The first-order valence-corrected chi connectivity index (χ1v) is 5.60. The van der Waals surface area contributed by atoms with Gasteiger partial charge in [-0.05, 0) is 50.6 Å². The number of likely N-dealkylation sites (N-methyl/N-ethyl adjacent to an activating group) is 1. The lowest BCUT2D eigenvalue weighted by Gasteiger charge is -2.30. The van der Waals surface area contributed by atoms with Crippen molar-refractivity contribution in [2.45, 2.75) is 25.3 Å². The fourth-order valence-electron chi connectivity index (χ4n) is 2.43. The van der Waals surface area contributed by atoms with Gasteiger partial charge in [-0.3, -0.25) is 0 Å². The number of carboxylic acids is 1. The maximum atomic E-state index is 11.1. The molecule has 0 bridgehead atoms. The van der Waals surface area contributed by atoms with E-state index >= 15 is 0 Å². The largest absolute Gasteiger partial charge is 0.478 e. The van der Waals surface area contributed by atoms with Crippen LogP contribution in [0, 0.1) is 0 Å². The van der Waals surface area contributed by atoms with Crippen molar-refractivity contribution in [2.75, 3.05) is 14.1 Å². The van der Waals surface area contributed by atoms with Crippen molar-refractivity contribution in [1.29, 1.82) is 0 Å². The summed E-state index contributed by atoms with van der Waals surface area (Å²) in [6.45, 7) is 0. The molecule has 1 aromatic carbocycles. The Balaban J connectivity index is 2.34. The van der Waals surface area contributed by atoms with Crippen molar-refractivity contribution in [3.05, 3.63) is 34.9 Å². The van der Waals surface area contributed by atoms with E-state index in [0.29, 0.717) is 11.6 Å². The number of nitrogens with zero attached hydrogens (tertiary/aromatic N) is 1. The van der Waals surface area contributed by atoms with Crippen LogP contribution < -0.4 is 0 Å². The molecule has 3 heteroatoms. The van der Waals surface area contributed by atoms with Gasteiger partial charge >= 0.3 is 5.97 Å². The van der Waals surface area contributed by atoms with Gasteiger partial charge in [0.15, 0.2) is 0 Å². The summed E-state index contributed by atoms with van der Waals surface area (Å²) in [5.74, 6) is -0.805. The maximum Gasteiger partial charge on any atom is 0.335 e. The molecule has 16 heavy (non-hydrogen) atoms. The van der Waals surface area contributed by atoms with Gasteiger partial charge in [-0.1, -0.05) is 12.1 Å². The van der Waals surface area contributed by atoms with Crippen molar-refractivity contribution in [1.82, 2.24) is 4.90 Å². The fourth-order valence-corrected chi connectivity index (χ4v) is 2.43. The van der Waals surface area contributed by atoms with Crippen LogP contribution in [0.2, 0.25) is 0 Å². The van der Waals surface area contributed by atoms with Crippen LogP contribution in [0.4, 0.5) is 0 Å². The predicted octanol–water partition coefficient (Wildman–Crippen LogP) is 1.80. The molecule has 0 saturated heterocycles. The Kier molecular flexibility index (Phi) is 2.97. The van der Waals surface area contributed by atoms with Crippen molar-refractivity contribution in [3.8, 4) is 0 Å². The molecule has 1 aliphatic rings. The number of carbonyl (C=O) groups is 1. The Labute approximate surface area is 95.7 Å². The van der Waals surface area contributed by atoms with Crippen molar-refractivity contribution in [2.24, 2.45) is 0 Å². The van der Waals surface area contributed by atoms with Gasteiger partial charge in [0.25, 0.3) is 0 Å². The highest BCUT2D eigenvalue weighted by atomic mass is 16.4. The van der Waals surface area contributed by atoms with Gasteiger partial charge in [-0.2, -0.15) is 0 Å². The summed E-state index contributed by atoms with van der Waals surface area (Å²) in [5, 5.41) is 9.11. The van der Waals surface area contributed by atoms with Crippen LogP contribution in [-0.4, -0.2) is 36.1 Å². The van der Waals surface area contributed by atoms with Crippen LogP contribution in [0.5, 0.6) is 0 Å². The molecule has 1 N–H and O–H groups in total. The number of aromatic carboxylic acids is 1. The lowest BCUT2D eigenvalue weighted by atomic mass is 9.85. The lowest BCUT2D eigenvalue weighted by molar-refractivity contribution is 0.0695. The average molecular weight is 219 g/mol. The van der Waals surface area contributed by atoms with Gasteiger partial charge in [0, 0.05) is 6.04 Å². The van der Waals surface area contributed by atoms with E-state index in [1.165, 1.54) is 5.56 Å². The van der Waals surface area contributed by atoms with Gasteiger partial charge < -0.3 is 10.0 Å². The molecule has 2 rings (SSSR count). The summed E-state index contributed by atoms with van der Waals surface area (Å²) >= 11 is 0. The van der Waals surface area contributed by atoms with E-state index in [2.05, 4.69) is 25.1 Å². The zero-order chi connectivity index (χ0) is 11.7. The molecule has 0 aromatic heterocycles. The first-order chi connectivity index (χ1) is 7.59. The molecule has 0 radical (unpaired) electrons. The summed E-state index contributed by atoms with van der Waals surface area (Å²) in [7, 11) is 4.16. The highest BCUT2D eigenvalue weighted by Gasteiger charge is 2.23. The maximum absolute atomic E-state index is 11.1. The fraction of sp³-hybridized carbons (Fsp3) is 0.462. The molecule has 1 atom stereocenters. The molecule has 1 unspecified atom stereocenters. The first-order valence-electron chi connectivity index (χ1n) is 5.60. The van der Waals surface area contributed by atoms with Gasteiger partial charge in [-0.15, -0.1) is 0 Å². The Bertz CT molecular complexity index is 412. The van der Waals surface area contributed by atoms with Gasteiger partial charge in [0.2, 0.25) is 0 Å². The van der Waals surface area contributed by atoms with E-state index < -0.39 is 5.97 Å². The second kappa shape index (κ2) is 4.26. The van der Waals surface area contributed by atoms with Crippen LogP contribution in [0.25, 0.3) is 0 Å². The van der Waals surface area contributed by atoms with E-state index in [9.17, 15) is 4.79 Å². The summed E-state index contributed by atoms with van der Waals surface area (Å²) in [5.41, 5.74) is 2.72. The third-order valence-corrected chi connectivity index (χ3v) is 3.42. The minimum atomic E-state index is -0.805. The van der Waals surface area contributed by atoms with Gasteiger partial charge in [0.05, 0.1) is 5.56 Å². The quantitative estimate of drug-likeness (QED) is 0.824. The first kappa shape index (κ1) is 11.1. The zero-order valence-electron chi connectivity index (χ0n) is 9.73. The molecular weight excluding hydrogens is 202 g/mol. The third-order valence-electron chi connectivity index (χ3n) is 3.42. The highest BCUT2D eigenvalue weighted by molar-refractivity contribution is 5.89. The number of rotatable bonds is 2. The van der Waals surface area contributed by atoms with E-state index in [-0.39, 0.29) is 0 Å². The van der Waals surface area contributed by atoms with E-state index in [1.807, 2.05) is 6.07 Å². The normalized spacial score (nSPS) is 19.6. The number of carboxylic acid groups (broad SMARTS) is 1. The minimum absolute atomic E-state index is 0.481. The molecule has 0 amide bonds. The molecule has 1 aliphatic carbocycles. The molecule has 1 aromatic rings. The lowest BCUT2D eigenvalue weighted by Crippen LogP contribution is -2.34. The Morgan fingerprint density at radius 3 is 2.81 bits per heavy atom. The molecule has 0 heterocycles. The van der Waals surface area contributed by atoms with Crippen LogP contribution in [-0.2, 0) is 12.8 Å². The number of hydrogen-bond acceptors (Lipinski definition) is 2. The topological polar surface area (TPSA) is 40.5 Å². The zero-order valence-corrected chi connectivity index (χ0v) is 9.73. The smallest absolute Gasteiger partial charge is 0.335 e. The Morgan fingerprint density at radius 1 is 1.44 bits per heavy atom. The third kappa shape index (κ3) is 1.95. The highest BCUT2D eigenvalue weighted by Crippen LogP contribution is 2.26. The number of fused-ring (bicyclic) bond motifs is 1. The molecule has 0 spiro atoms. The number of hydrogen-bond donors (Lipinski definition) is 1. The SMILES string of the molecule is CN(C)C1CCc2c(cccc2C(=O)O)C1. The van der Waals surface area contributed by atoms with Crippen LogP contribution in [0.1, 0.15) is 27.9 Å². The number of benzene rings is 1. The van der Waals surface area contributed by atoms with Gasteiger partial charge in [-0.25, -0.2) is 4.79 Å². The standard InChI is InChI=1S/C13H17NO2/c1-14(2)10-6-7-11-9(8-10)4-3-5-12(11)13(15)16/h3-5,10H,6-8H2,1-2H3,(H,15,16). The summed E-state index contributed by atoms with van der Waals surface area (Å²) in [6.07, 6.45) is 2.88. The van der Waals surface area contributed by atoms with Crippen LogP contribution in [0.3, 0.4) is 0 Å². The van der Waals surface area contributed by atoms with Crippen LogP contribution >= 0.6 is 0 Å². The summed E-state index contributed by atoms with van der Waals surface area (Å²) < 4.78 is 0. The minimum Gasteiger partial charge on any atom is -0.478 e. The summed E-state index contributed by atoms with van der Waals surface area (Å²) in [4.78, 5) is 13.3. The Hall–Kier alpha value is -1.35. The molecule has 0 aliphatic heterocycles. The predicted molar refractivity (Wildman–Crippen MR) is 62.9 cm³/mol. The molecule has 3 nitrogen and oxygen atoms in total. The molecule has 0 saturated carbocycles. The average Bonchev–Trinajstić information content (AvgIpc) is 2.27. The monoisotopic (exact) mass is 219 g/mol. The van der Waals surface area contributed by atoms with Crippen molar-refractivity contribution in [3.63, 3.8) is 0 Å². The van der Waals surface area contributed by atoms with Gasteiger partial charge in [0.1, 0.15) is 0 Å². The van der Waals surface area contributed by atoms with E-state index in [1.54, 1.807) is 6.07 Å². The molecule has 86 valence electrons. The van der Waals surface area contributed by atoms with E-state index in [4.69, 9.17) is 5.11 Å². The van der Waals surface area contributed by atoms with Crippen molar-refractivity contribution >= 4 is 5.97 Å². The molecule has 0 fully saturated rings. The van der Waals surface area contributed by atoms with Crippen molar-refractivity contribution < 1.29 is 9.90 Å². The molecular formula is C13H17NO2.